The number of hydrogen-bond donors (Lipinski definition) is 0. The minimum absolute atomic E-state index is 0.00521. The fraction of sp³-hybridized carbons (Fsp3) is 0.500. The first-order valence-corrected chi connectivity index (χ1v) is 9.20. The van der Waals surface area contributed by atoms with Crippen LogP contribution < -0.4 is 9.47 Å². The fourth-order valence-electron chi connectivity index (χ4n) is 2.65. The van der Waals surface area contributed by atoms with E-state index < -0.39 is 12.1 Å². The minimum atomic E-state index is -0.620. The number of benzene rings is 1. The van der Waals surface area contributed by atoms with E-state index in [1.807, 2.05) is 13.8 Å². The SMILES string of the molecule is COc1cc(/C=C/C(=O)O[C@@H]2CCCCC2=O)cc(Cl)c1OCC(C)C. The largest absolute Gasteiger partial charge is 0.493 e. The third kappa shape index (κ3) is 5.77. The molecule has 5 nitrogen and oxygen atoms in total. The zero-order chi connectivity index (χ0) is 19.1. The van der Waals surface area contributed by atoms with Gasteiger partial charge in [0, 0.05) is 12.5 Å². The molecule has 1 aliphatic carbocycles. The highest BCUT2D eigenvalue weighted by Crippen LogP contribution is 2.37. The van der Waals surface area contributed by atoms with Gasteiger partial charge in [0.25, 0.3) is 0 Å². The second-order valence-corrected chi connectivity index (χ2v) is 7.12. The predicted octanol–water partition coefficient (Wildman–Crippen LogP) is 4.45. The summed E-state index contributed by atoms with van der Waals surface area (Å²) in [5, 5.41) is 0.403. The monoisotopic (exact) mass is 380 g/mol. The molecule has 0 N–H and O–H groups in total. The van der Waals surface area contributed by atoms with Crippen molar-refractivity contribution in [3.05, 3.63) is 28.8 Å². The van der Waals surface area contributed by atoms with Crippen LogP contribution in [0.25, 0.3) is 6.08 Å². The smallest absolute Gasteiger partial charge is 0.331 e. The van der Waals surface area contributed by atoms with E-state index in [0.29, 0.717) is 47.5 Å². The maximum Gasteiger partial charge on any atom is 0.331 e. The summed E-state index contributed by atoms with van der Waals surface area (Å²) in [6, 6.07) is 3.42. The molecule has 0 spiro atoms. The maximum atomic E-state index is 12.0. The van der Waals surface area contributed by atoms with Gasteiger partial charge in [-0.1, -0.05) is 25.4 Å². The molecule has 0 radical (unpaired) electrons. The summed E-state index contributed by atoms with van der Waals surface area (Å²) >= 11 is 6.29. The Labute approximate surface area is 159 Å². The predicted molar refractivity (Wildman–Crippen MR) is 101 cm³/mol. The molecule has 1 saturated carbocycles. The average Bonchev–Trinajstić information content (AvgIpc) is 2.60. The molecular weight excluding hydrogens is 356 g/mol. The Morgan fingerprint density at radius 1 is 1.35 bits per heavy atom. The van der Waals surface area contributed by atoms with E-state index in [9.17, 15) is 9.59 Å². The van der Waals surface area contributed by atoms with Crippen LogP contribution in [0, 0.1) is 5.92 Å². The van der Waals surface area contributed by atoms with E-state index in [-0.39, 0.29) is 5.78 Å². The van der Waals surface area contributed by atoms with Gasteiger partial charge in [-0.3, -0.25) is 4.79 Å². The van der Waals surface area contributed by atoms with Crippen molar-refractivity contribution in [2.75, 3.05) is 13.7 Å². The molecule has 0 bridgehead atoms. The summed E-state index contributed by atoms with van der Waals surface area (Å²) < 4.78 is 16.3. The number of rotatable bonds is 7. The summed E-state index contributed by atoms with van der Waals surface area (Å²) in [4.78, 5) is 23.7. The molecule has 0 amide bonds. The van der Waals surface area contributed by atoms with Gasteiger partial charge in [0.15, 0.2) is 23.4 Å². The first kappa shape index (κ1) is 20.3. The molecular formula is C20H25ClO5. The topological polar surface area (TPSA) is 61.8 Å². The van der Waals surface area contributed by atoms with Crippen molar-refractivity contribution in [2.24, 2.45) is 5.92 Å². The molecule has 0 unspecified atom stereocenters. The van der Waals surface area contributed by atoms with Gasteiger partial charge < -0.3 is 14.2 Å². The molecule has 1 aromatic carbocycles. The van der Waals surface area contributed by atoms with Gasteiger partial charge in [-0.15, -0.1) is 0 Å². The number of carbonyl (C=O) groups excluding carboxylic acids is 2. The second kappa shape index (κ2) is 9.62. The highest BCUT2D eigenvalue weighted by atomic mass is 35.5. The number of ketones is 1. The zero-order valence-corrected chi connectivity index (χ0v) is 16.2. The molecule has 2 rings (SSSR count). The molecule has 1 fully saturated rings. The van der Waals surface area contributed by atoms with Gasteiger partial charge in [-0.05, 0) is 49.0 Å². The van der Waals surface area contributed by atoms with Crippen LogP contribution in [0.3, 0.4) is 0 Å². The van der Waals surface area contributed by atoms with Crippen LogP contribution in [0.1, 0.15) is 45.1 Å². The summed E-state index contributed by atoms with van der Waals surface area (Å²) in [6.45, 7) is 4.60. The van der Waals surface area contributed by atoms with Crippen LogP contribution in [-0.4, -0.2) is 31.6 Å². The van der Waals surface area contributed by atoms with E-state index in [1.54, 1.807) is 18.2 Å². The molecule has 0 heterocycles. The highest BCUT2D eigenvalue weighted by molar-refractivity contribution is 6.32. The zero-order valence-electron chi connectivity index (χ0n) is 15.4. The number of ether oxygens (including phenoxy) is 3. The van der Waals surface area contributed by atoms with Gasteiger partial charge in [-0.25, -0.2) is 4.79 Å². The number of halogens is 1. The van der Waals surface area contributed by atoms with Gasteiger partial charge in [0.05, 0.1) is 18.7 Å². The number of carbonyl (C=O) groups is 2. The second-order valence-electron chi connectivity index (χ2n) is 6.71. The molecule has 1 aliphatic rings. The summed E-state index contributed by atoms with van der Waals surface area (Å²) in [7, 11) is 1.53. The normalized spacial score (nSPS) is 17.6. The molecule has 142 valence electrons. The lowest BCUT2D eigenvalue weighted by molar-refractivity contribution is -0.152. The minimum Gasteiger partial charge on any atom is -0.493 e. The molecule has 1 aromatic rings. The molecule has 26 heavy (non-hydrogen) atoms. The number of methoxy groups -OCH3 is 1. The van der Waals surface area contributed by atoms with Crippen molar-refractivity contribution in [1.29, 1.82) is 0 Å². The van der Waals surface area contributed by atoms with E-state index in [4.69, 9.17) is 25.8 Å². The van der Waals surface area contributed by atoms with Crippen LogP contribution in [0.15, 0.2) is 18.2 Å². The van der Waals surface area contributed by atoms with Crippen molar-refractivity contribution in [1.82, 2.24) is 0 Å². The van der Waals surface area contributed by atoms with E-state index >= 15 is 0 Å². The Hall–Kier alpha value is -2.01. The first-order valence-electron chi connectivity index (χ1n) is 8.82. The standard InChI is InChI=1S/C20H25ClO5/c1-13(2)12-25-20-15(21)10-14(11-18(20)24-3)8-9-19(23)26-17-7-5-4-6-16(17)22/h8-11,13,17H,4-7,12H2,1-3H3/b9-8+/t17-/m1/s1. The fourth-order valence-corrected chi connectivity index (χ4v) is 2.92. The van der Waals surface area contributed by atoms with E-state index in [0.717, 1.165) is 12.8 Å². The molecule has 0 aliphatic heterocycles. The Balaban J connectivity index is 2.05. The van der Waals surface area contributed by atoms with E-state index in [1.165, 1.54) is 13.2 Å². The van der Waals surface area contributed by atoms with Crippen molar-refractivity contribution in [2.45, 2.75) is 45.6 Å². The Bertz CT molecular complexity index is 681. The summed E-state index contributed by atoms with van der Waals surface area (Å²) in [5.41, 5.74) is 0.677. The van der Waals surface area contributed by atoms with Crippen LogP contribution in [0.4, 0.5) is 0 Å². The van der Waals surface area contributed by atoms with Crippen molar-refractivity contribution in [3.8, 4) is 11.5 Å². The van der Waals surface area contributed by atoms with Crippen LogP contribution >= 0.6 is 11.6 Å². The van der Waals surface area contributed by atoms with Gasteiger partial charge in [0.1, 0.15) is 0 Å². The van der Waals surface area contributed by atoms with Gasteiger partial charge in [0.2, 0.25) is 0 Å². The molecule has 0 aromatic heterocycles. The first-order chi connectivity index (χ1) is 12.4. The Morgan fingerprint density at radius 2 is 2.12 bits per heavy atom. The maximum absolute atomic E-state index is 12.0. The molecule has 0 saturated heterocycles. The number of Topliss-reactive ketones (excluding diaryl/α,β-unsaturated/α-hetero) is 1. The Morgan fingerprint density at radius 3 is 2.77 bits per heavy atom. The van der Waals surface area contributed by atoms with Crippen molar-refractivity contribution < 1.29 is 23.8 Å². The summed E-state index contributed by atoms with van der Waals surface area (Å²) in [5.74, 6) is 0.784. The Kier molecular flexibility index (Phi) is 7.51. The van der Waals surface area contributed by atoms with E-state index in [2.05, 4.69) is 0 Å². The van der Waals surface area contributed by atoms with Crippen LogP contribution in [0.2, 0.25) is 5.02 Å². The van der Waals surface area contributed by atoms with Crippen molar-refractivity contribution in [3.63, 3.8) is 0 Å². The highest BCUT2D eigenvalue weighted by Gasteiger charge is 2.24. The quantitative estimate of drug-likeness (QED) is 0.516. The van der Waals surface area contributed by atoms with Gasteiger partial charge >= 0.3 is 5.97 Å². The van der Waals surface area contributed by atoms with Crippen LogP contribution in [0.5, 0.6) is 11.5 Å². The number of hydrogen-bond acceptors (Lipinski definition) is 5. The lowest BCUT2D eigenvalue weighted by atomic mass is 9.96. The lowest BCUT2D eigenvalue weighted by Gasteiger charge is -2.19. The lowest BCUT2D eigenvalue weighted by Crippen LogP contribution is -2.29. The molecule has 1 atom stereocenters. The summed E-state index contributed by atoms with van der Waals surface area (Å²) in [6.07, 6.45) is 5.10. The average molecular weight is 381 g/mol. The number of esters is 1. The molecule has 6 heteroatoms. The van der Waals surface area contributed by atoms with Crippen LogP contribution in [-0.2, 0) is 14.3 Å². The third-order valence-electron chi connectivity index (χ3n) is 3.98. The van der Waals surface area contributed by atoms with Crippen molar-refractivity contribution >= 4 is 29.4 Å². The van der Waals surface area contributed by atoms with Gasteiger partial charge in [-0.2, -0.15) is 0 Å². The third-order valence-corrected chi connectivity index (χ3v) is 4.26.